The van der Waals surface area contributed by atoms with Crippen LogP contribution in [0, 0.1) is 12.8 Å². The quantitative estimate of drug-likeness (QED) is 0.370. The molecule has 0 saturated heterocycles. The van der Waals surface area contributed by atoms with Crippen LogP contribution in [0.15, 0.2) is 47.1 Å². The van der Waals surface area contributed by atoms with Crippen LogP contribution in [0.3, 0.4) is 0 Å². The summed E-state index contributed by atoms with van der Waals surface area (Å²) < 4.78 is 28.4. The van der Waals surface area contributed by atoms with Gasteiger partial charge in [-0.2, -0.15) is 0 Å². The van der Waals surface area contributed by atoms with Crippen molar-refractivity contribution in [3.05, 3.63) is 48.3 Å². The van der Waals surface area contributed by atoms with Crippen molar-refractivity contribution in [1.82, 2.24) is 15.3 Å². The van der Waals surface area contributed by atoms with Crippen LogP contribution in [-0.2, 0) is 4.74 Å². The molecule has 1 amide bonds. The van der Waals surface area contributed by atoms with Gasteiger partial charge in [-0.3, -0.25) is 0 Å². The zero-order valence-corrected chi connectivity index (χ0v) is 21.4. The summed E-state index contributed by atoms with van der Waals surface area (Å²) in [4.78, 5) is 20.6. The first-order valence-corrected chi connectivity index (χ1v) is 12.1. The van der Waals surface area contributed by atoms with Gasteiger partial charge in [-0.25, -0.2) is 14.8 Å². The number of nitrogens with zero attached hydrogens (tertiary/aromatic N) is 2. The summed E-state index contributed by atoms with van der Waals surface area (Å²) in [5, 5.41) is 2.72. The first-order valence-electron chi connectivity index (χ1n) is 12.1. The van der Waals surface area contributed by atoms with E-state index in [1.54, 1.807) is 6.20 Å². The van der Waals surface area contributed by atoms with Crippen LogP contribution in [0.4, 0.5) is 4.79 Å². The molecule has 9 nitrogen and oxygen atoms in total. The molecule has 1 aliphatic carbocycles. The zero-order valence-electron chi connectivity index (χ0n) is 21.4. The van der Waals surface area contributed by atoms with Crippen LogP contribution in [0.5, 0.6) is 23.3 Å². The van der Waals surface area contributed by atoms with Gasteiger partial charge in [0.05, 0.1) is 18.2 Å². The maximum absolute atomic E-state index is 11.9. The van der Waals surface area contributed by atoms with Gasteiger partial charge in [0.15, 0.2) is 0 Å². The third-order valence-corrected chi connectivity index (χ3v) is 5.25. The zero-order chi connectivity index (χ0) is 25.7. The van der Waals surface area contributed by atoms with E-state index < -0.39 is 11.7 Å². The molecule has 1 saturated carbocycles. The average Bonchev–Trinajstić information content (AvgIpc) is 3.51. The number of pyridine rings is 1. The lowest BCUT2D eigenvalue weighted by molar-refractivity contribution is 0.0489. The van der Waals surface area contributed by atoms with E-state index in [-0.39, 0.29) is 18.6 Å². The fourth-order valence-corrected chi connectivity index (χ4v) is 3.26. The lowest BCUT2D eigenvalue weighted by Gasteiger charge is -2.21. The van der Waals surface area contributed by atoms with E-state index in [2.05, 4.69) is 15.3 Å². The van der Waals surface area contributed by atoms with Gasteiger partial charge in [-0.15, -0.1) is 0 Å². The average molecular weight is 496 g/mol. The second-order valence-electron chi connectivity index (χ2n) is 10.0. The number of nitrogens with one attached hydrogen (secondary N) is 1. The van der Waals surface area contributed by atoms with Gasteiger partial charge >= 0.3 is 12.0 Å². The first kappa shape index (κ1) is 25.3. The Bertz CT molecular complexity index is 1180. The molecule has 0 spiro atoms. The van der Waals surface area contributed by atoms with Crippen molar-refractivity contribution < 1.29 is 28.2 Å². The van der Waals surface area contributed by atoms with E-state index in [1.807, 2.05) is 65.0 Å². The number of rotatable bonds is 10. The summed E-state index contributed by atoms with van der Waals surface area (Å²) in [5.41, 5.74) is 1.04. The van der Waals surface area contributed by atoms with Crippen molar-refractivity contribution in [3.8, 4) is 34.8 Å². The van der Waals surface area contributed by atoms with Gasteiger partial charge in [0.1, 0.15) is 29.9 Å². The number of carbonyl (C=O) groups excluding carboxylic acids is 1. The highest BCUT2D eigenvalue weighted by atomic mass is 16.6. The highest BCUT2D eigenvalue weighted by molar-refractivity contribution is 5.68. The smallest absolute Gasteiger partial charge is 0.407 e. The summed E-state index contributed by atoms with van der Waals surface area (Å²) >= 11 is 0. The number of benzene rings is 1. The lowest BCUT2D eigenvalue weighted by Crippen LogP contribution is -2.40. The largest absolute Gasteiger partial charge is 0.493 e. The number of amides is 1. The minimum absolute atomic E-state index is 0.196. The first-order chi connectivity index (χ1) is 17.1. The Labute approximate surface area is 211 Å². The number of aryl methyl sites for hydroxylation is 1. The molecule has 9 heteroatoms. The highest BCUT2D eigenvalue weighted by Crippen LogP contribution is 2.32. The van der Waals surface area contributed by atoms with E-state index in [1.165, 1.54) is 19.0 Å². The SMILES string of the molecule is Cc1cc(Oc2cccc(OCC3CC3)c2)ncc1-c1ncc(OC[C@H](C)NC(=O)OC(C)(C)C)o1. The topological polar surface area (TPSA) is 105 Å². The monoisotopic (exact) mass is 495 g/mol. The number of alkyl carbamates (subject to hydrolysis) is 1. The molecule has 1 aliphatic rings. The van der Waals surface area contributed by atoms with Crippen molar-refractivity contribution in [1.29, 1.82) is 0 Å². The summed E-state index contributed by atoms with van der Waals surface area (Å²) in [6.45, 7) is 10.1. The van der Waals surface area contributed by atoms with E-state index in [0.717, 1.165) is 23.5 Å². The molecule has 1 fully saturated rings. The Morgan fingerprint density at radius 3 is 2.64 bits per heavy atom. The van der Waals surface area contributed by atoms with E-state index in [4.69, 9.17) is 23.4 Å². The molecule has 0 unspecified atom stereocenters. The second kappa shape index (κ2) is 10.9. The van der Waals surface area contributed by atoms with Crippen LogP contribution in [-0.4, -0.2) is 40.9 Å². The number of hydrogen-bond donors (Lipinski definition) is 1. The van der Waals surface area contributed by atoms with E-state index in [0.29, 0.717) is 23.4 Å². The fraction of sp³-hybridized carbons (Fsp3) is 0.444. The molecule has 0 radical (unpaired) electrons. The molecular formula is C27H33N3O6. The van der Waals surface area contributed by atoms with Crippen molar-refractivity contribution in [2.75, 3.05) is 13.2 Å². The van der Waals surface area contributed by atoms with Gasteiger partial charge in [0.25, 0.3) is 0 Å². The molecule has 3 aromatic rings. The van der Waals surface area contributed by atoms with Crippen molar-refractivity contribution in [2.24, 2.45) is 5.92 Å². The van der Waals surface area contributed by atoms with Crippen molar-refractivity contribution >= 4 is 6.09 Å². The molecule has 1 N–H and O–H groups in total. The Balaban J connectivity index is 1.31. The minimum atomic E-state index is -0.565. The predicted octanol–water partition coefficient (Wildman–Crippen LogP) is 5.92. The van der Waals surface area contributed by atoms with Crippen LogP contribution in [0.1, 0.15) is 46.1 Å². The van der Waals surface area contributed by atoms with Gasteiger partial charge in [0.2, 0.25) is 11.8 Å². The summed E-state index contributed by atoms with van der Waals surface area (Å²) in [6.07, 6.45) is 5.13. The Kier molecular flexibility index (Phi) is 7.67. The third-order valence-electron chi connectivity index (χ3n) is 5.25. The third kappa shape index (κ3) is 7.63. The number of carbonyl (C=O) groups is 1. The van der Waals surface area contributed by atoms with Crippen LogP contribution >= 0.6 is 0 Å². The molecule has 1 aromatic carbocycles. The Morgan fingerprint density at radius 2 is 1.92 bits per heavy atom. The van der Waals surface area contributed by atoms with Gasteiger partial charge < -0.3 is 28.7 Å². The molecule has 192 valence electrons. The summed E-state index contributed by atoms with van der Waals surface area (Å²) in [5.74, 6) is 3.21. The Morgan fingerprint density at radius 1 is 1.14 bits per heavy atom. The van der Waals surface area contributed by atoms with Crippen LogP contribution in [0.2, 0.25) is 0 Å². The lowest BCUT2D eigenvalue weighted by atomic mass is 10.1. The number of aromatic nitrogens is 2. The standard InChI is InChI=1S/C27H33N3O6/c1-17-11-23(34-21-8-6-7-20(12-21)32-16-19-9-10-19)28-13-22(17)25-29-14-24(35-25)33-15-18(2)30-26(31)36-27(3,4)5/h6-8,11-14,18-19H,9-10,15-16H2,1-5H3,(H,30,31)/t18-/m0/s1. The molecule has 1 atom stereocenters. The number of ether oxygens (including phenoxy) is 4. The second-order valence-corrected chi connectivity index (χ2v) is 10.0. The van der Waals surface area contributed by atoms with E-state index in [9.17, 15) is 4.79 Å². The summed E-state index contributed by atoms with van der Waals surface area (Å²) in [7, 11) is 0. The van der Waals surface area contributed by atoms with Gasteiger partial charge in [-0.05, 0) is 71.1 Å². The van der Waals surface area contributed by atoms with Gasteiger partial charge in [-0.1, -0.05) is 6.07 Å². The van der Waals surface area contributed by atoms with Crippen LogP contribution < -0.4 is 19.5 Å². The van der Waals surface area contributed by atoms with Crippen LogP contribution in [0.25, 0.3) is 11.5 Å². The molecular weight excluding hydrogens is 462 g/mol. The molecule has 0 aliphatic heterocycles. The number of oxazole rings is 1. The Hall–Kier alpha value is -3.75. The maximum Gasteiger partial charge on any atom is 0.407 e. The molecule has 2 heterocycles. The van der Waals surface area contributed by atoms with Gasteiger partial charge in [0, 0.05) is 18.3 Å². The van der Waals surface area contributed by atoms with Crippen molar-refractivity contribution in [2.45, 2.75) is 59.1 Å². The predicted molar refractivity (Wildman–Crippen MR) is 134 cm³/mol. The molecule has 4 rings (SSSR count). The molecule has 36 heavy (non-hydrogen) atoms. The number of hydrogen-bond acceptors (Lipinski definition) is 8. The highest BCUT2D eigenvalue weighted by Gasteiger charge is 2.22. The van der Waals surface area contributed by atoms with Crippen molar-refractivity contribution in [3.63, 3.8) is 0 Å². The van der Waals surface area contributed by atoms with E-state index >= 15 is 0 Å². The summed E-state index contributed by atoms with van der Waals surface area (Å²) in [6, 6.07) is 9.09. The maximum atomic E-state index is 11.9. The minimum Gasteiger partial charge on any atom is -0.493 e. The molecule has 2 aromatic heterocycles. The molecule has 0 bridgehead atoms. The normalized spacial score (nSPS) is 14.1. The fourth-order valence-electron chi connectivity index (χ4n) is 3.26.